The zero-order valence-corrected chi connectivity index (χ0v) is 19.6. The number of ketones is 1. The lowest BCUT2D eigenvalue weighted by Gasteiger charge is -2.14. The van der Waals surface area contributed by atoms with Gasteiger partial charge in [0.15, 0.2) is 0 Å². The van der Waals surface area contributed by atoms with Crippen LogP contribution in [0.15, 0.2) is 54.7 Å². The average molecular weight is 461 g/mol. The predicted octanol–water partition coefficient (Wildman–Crippen LogP) is 5.44. The first-order chi connectivity index (χ1) is 16.4. The molecule has 1 fully saturated rings. The molecule has 0 spiro atoms. The van der Waals surface area contributed by atoms with E-state index in [1.54, 1.807) is 38.2 Å². The maximum atomic E-state index is 13.9. The molecule has 1 saturated carbocycles. The molecule has 34 heavy (non-hydrogen) atoms. The summed E-state index contributed by atoms with van der Waals surface area (Å²) in [7, 11) is 0. The summed E-state index contributed by atoms with van der Waals surface area (Å²) in [5.74, 6) is 0.308. The topological polar surface area (TPSA) is 68.3 Å². The molecule has 5 nitrogen and oxygen atoms in total. The van der Waals surface area contributed by atoms with E-state index in [4.69, 9.17) is 4.74 Å². The molecule has 1 aromatic heterocycles. The predicted molar refractivity (Wildman–Crippen MR) is 129 cm³/mol. The third-order valence-electron chi connectivity index (χ3n) is 6.01. The number of benzene rings is 2. The van der Waals surface area contributed by atoms with Crippen LogP contribution in [-0.2, 0) is 17.8 Å². The van der Waals surface area contributed by atoms with Crippen LogP contribution in [0.25, 0.3) is 11.1 Å². The Balaban J connectivity index is 1.60. The number of nitrogens with one attached hydrogen (secondary N) is 1. The molecule has 0 unspecified atom stereocenters. The van der Waals surface area contributed by atoms with Crippen LogP contribution in [0.4, 0.5) is 4.39 Å². The minimum absolute atomic E-state index is 0.129. The van der Waals surface area contributed by atoms with Crippen molar-refractivity contribution < 1.29 is 18.7 Å². The fourth-order valence-electron chi connectivity index (χ4n) is 3.71. The summed E-state index contributed by atoms with van der Waals surface area (Å²) < 4.78 is 19.8. The largest absolute Gasteiger partial charge is 0.477 e. The normalized spacial score (nSPS) is 12.9. The smallest absolute Gasteiger partial charge is 0.257 e. The zero-order chi connectivity index (χ0) is 24.1. The number of aryl methyl sites for hydroxylation is 2. The standard InChI is InChI=1S/C28H29FN2O3/c1-18-7-9-21(13-26(18)29)15-30-27(33)25-14-23(16-31-28(25)34-17-20-10-11-20)24-6-4-3-5-22(24)12-8-19(2)32/h3-7,9,13-14,16,20H,8,10-12,15,17H2,1-2H3,(H,30,33). The molecule has 4 rings (SSSR count). The van der Waals surface area contributed by atoms with E-state index >= 15 is 0 Å². The molecular formula is C28H29FN2O3. The number of Topliss-reactive ketones (excluding diaryl/α,β-unsaturated/α-hetero) is 1. The second-order valence-electron chi connectivity index (χ2n) is 8.96. The molecule has 0 bridgehead atoms. The average Bonchev–Trinajstić information content (AvgIpc) is 3.66. The number of pyridine rings is 1. The second kappa shape index (κ2) is 10.6. The van der Waals surface area contributed by atoms with E-state index in [1.165, 1.54) is 6.07 Å². The fraction of sp³-hybridized carbons (Fsp3) is 0.321. The van der Waals surface area contributed by atoms with Crippen LogP contribution >= 0.6 is 0 Å². The SMILES string of the molecule is CC(=O)CCc1ccccc1-c1cnc(OCC2CC2)c(C(=O)NCc2ccc(C)c(F)c2)c1. The van der Waals surface area contributed by atoms with Crippen molar-refractivity contribution in [1.82, 2.24) is 10.3 Å². The van der Waals surface area contributed by atoms with Gasteiger partial charge in [-0.3, -0.25) is 4.79 Å². The Bertz CT molecular complexity index is 1200. The molecule has 1 heterocycles. The molecule has 0 aliphatic heterocycles. The number of halogens is 1. The van der Waals surface area contributed by atoms with Crippen LogP contribution in [0.3, 0.4) is 0 Å². The minimum atomic E-state index is -0.331. The summed E-state index contributed by atoms with van der Waals surface area (Å²) >= 11 is 0. The van der Waals surface area contributed by atoms with Crippen molar-refractivity contribution in [1.29, 1.82) is 0 Å². The van der Waals surface area contributed by atoms with Gasteiger partial charge < -0.3 is 14.8 Å². The maximum Gasteiger partial charge on any atom is 0.257 e. The first kappa shape index (κ1) is 23.6. The lowest BCUT2D eigenvalue weighted by Crippen LogP contribution is -2.24. The van der Waals surface area contributed by atoms with E-state index < -0.39 is 0 Å². The molecular weight excluding hydrogens is 431 g/mol. The number of ether oxygens (including phenoxy) is 1. The van der Waals surface area contributed by atoms with Gasteiger partial charge in [-0.1, -0.05) is 36.4 Å². The van der Waals surface area contributed by atoms with Gasteiger partial charge in [0.2, 0.25) is 5.88 Å². The van der Waals surface area contributed by atoms with Crippen molar-refractivity contribution in [2.45, 2.75) is 46.1 Å². The third-order valence-corrected chi connectivity index (χ3v) is 6.01. The molecule has 0 radical (unpaired) electrons. The number of nitrogens with zero attached hydrogens (tertiary/aromatic N) is 1. The van der Waals surface area contributed by atoms with Crippen molar-refractivity contribution in [2.24, 2.45) is 5.92 Å². The highest BCUT2D eigenvalue weighted by atomic mass is 19.1. The van der Waals surface area contributed by atoms with Gasteiger partial charge in [-0.2, -0.15) is 0 Å². The van der Waals surface area contributed by atoms with E-state index in [1.807, 2.05) is 24.3 Å². The van der Waals surface area contributed by atoms with E-state index in [9.17, 15) is 14.0 Å². The molecule has 1 aliphatic rings. The summed E-state index contributed by atoms with van der Waals surface area (Å²) in [5, 5.41) is 2.87. The fourth-order valence-corrected chi connectivity index (χ4v) is 3.71. The molecule has 1 aliphatic carbocycles. The van der Waals surface area contributed by atoms with Crippen LogP contribution in [-0.4, -0.2) is 23.3 Å². The second-order valence-corrected chi connectivity index (χ2v) is 8.96. The Morgan fingerprint density at radius 1 is 1.15 bits per heavy atom. The summed E-state index contributed by atoms with van der Waals surface area (Å²) in [6.07, 6.45) is 5.03. The third kappa shape index (κ3) is 6.07. The first-order valence-corrected chi connectivity index (χ1v) is 11.6. The van der Waals surface area contributed by atoms with Crippen molar-refractivity contribution in [2.75, 3.05) is 6.61 Å². The molecule has 3 aromatic rings. The van der Waals surface area contributed by atoms with E-state index in [0.29, 0.717) is 47.9 Å². The molecule has 0 atom stereocenters. The maximum absolute atomic E-state index is 13.9. The highest BCUT2D eigenvalue weighted by Gasteiger charge is 2.24. The number of hydrogen-bond donors (Lipinski definition) is 1. The lowest BCUT2D eigenvalue weighted by molar-refractivity contribution is -0.116. The summed E-state index contributed by atoms with van der Waals surface area (Å²) in [5.41, 5.74) is 4.31. The van der Waals surface area contributed by atoms with Gasteiger partial charge in [0, 0.05) is 24.7 Å². The molecule has 1 N–H and O–H groups in total. The zero-order valence-electron chi connectivity index (χ0n) is 19.6. The van der Waals surface area contributed by atoms with Gasteiger partial charge in [-0.05, 0) is 73.4 Å². The van der Waals surface area contributed by atoms with Crippen molar-refractivity contribution >= 4 is 11.7 Å². The summed E-state index contributed by atoms with van der Waals surface area (Å²) in [6.45, 7) is 4.01. The van der Waals surface area contributed by atoms with Gasteiger partial charge in [-0.15, -0.1) is 0 Å². The van der Waals surface area contributed by atoms with Gasteiger partial charge in [-0.25, -0.2) is 9.37 Å². The number of hydrogen-bond acceptors (Lipinski definition) is 4. The summed E-state index contributed by atoms with van der Waals surface area (Å²) in [6, 6.07) is 14.5. The highest BCUT2D eigenvalue weighted by Crippen LogP contribution is 2.32. The van der Waals surface area contributed by atoms with E-state index in [0.717, 1.165) is 29.5 Å². The van der Waals surface area contributed by atoms with Crippen LogP contribution < -0.4 is 10.1 Å². The Hall–Kier alpha value is -3.54. The Morgan fingerprint density at radius 3 is 2.68 bits per heavy atom. The Labute approximate surface area is 199 Å². The van der Waals surface area contributed by atoms with Crippen LogP contribution in [0.5, 0.6) is 5.88 Å². The minimum Gasteiger partial charge on any atom is -0.477 e. The Morgan fingerprint density at radius 2 is 1.94 bits per heavy atom. The highest BCUT2D eigenvalue weighted by molar-refractivity contribution is 5.97. The van der Waals surface area contributed by atoms with Crippen molar-refractivity contribution in [3.05, 3.63) is 82.8 Å². The number of aromatic nitrogens is 1. The molecule has 0 saturated heterocycles. The van der Waals surface area contributed by atoms with Crippen molar-refractivity contribution in [3.63, 3.8) is 0 Å². The van der Waals surface area contributed by atoms with Crippen LogP contribution in [0.1, 0.15) is 53.2 Å². The van der Waals surface area contributed by atoms with Gasteiger partial charge in [0.25, 0.3) is 5.91 Å². The molecule has 1 amide bonds. The summed E-state index contributed by atoms with van der Waals surface area (Å²) in [4.78, 5) is 29.2. The van der Waals surface area contributed by atoms with Crippen molar-refractivity contribution in [3.8, 4) is 17.0 Å². The number of carbonyl (C=O) groups is 2. The first-order valence-electron chi connectivity index (χ1n) is 11.6. The molecule has 176 valence electrons. The molecule has 6 heteroatoms. The number of amides is 1. The lowest BCUT2D eigenvalue weighted by atomic mass is 9.96. The van der Waals surface area contributed by atoms with Gasteiger partial charge in [0.1, 0.15) is 17.2 Å². The van der Waals surface area contributed by atoms with E-state index in [-0.39, 0.29) is 24.1 Å². The Kier molecular flexibility index (Phi) is 7.36. The van der Waals surface area contributed by atoms with Gasteiger partial charge in [0.05, 0.1) is 6.61 Å². The quantitative estimate of drug-likeness (QED) is 0.438. The number of carbonyl (C=O) groups excluding carboxylic acids is 2. The number of rotatable bonds is 10. The molecule has 2 aromatic carbocycles. The van der Waals surface area contributed by atoms with Crippen LogP contribution in [0.2, 0.25) is 0 Å². The van der Waals surface area contributed by atoms with E-state index in [2.05, 4.69) is 10.3 Å². The van der Waals surface area contributed by atoms with Gasteiger partial charge >= 0.3 is 0 Å². The monoisotopic (exact) mass is 460 g/mol. The van der Waals surface area contributed by atoms with Crippen LogP contribution in [0, 0.1) is 18.7 Å².